The van der Waals surface area contributed by atoms with Crippen LogP contribution in [0.3, 0.4) is 0 Å². The molecule has 5 nitrogen and oxygen atoms in total. The molecule has 0 aliphatic carbocycles. The summed E-state index contributed by atoms with van der Waals surface area (Å²) in [5, 5.41) is 21.7. The van der Waals surface area contributed by atoms with Crippen LogP contribution in [0.4, 0.5) is 5.82 Å². The van der Waals surface area contributed by atoms with E-state index in [4.69, 9.17) is 0 Å². The van der Waals surface area contributed by atoms with E-state index < -0.39 is 5.91 Å². The summed E-state index contributed by atoms with van der Waals surface area (Å²) in [5.74, 6) is -0.851. The third-order valence-electron chi connectivity index (χ3n) is 2.54. The normalized spacial score (nSPS) is 10.2. The number of aromatic hydroxyl groups is 2. The standard InChI is InChI=1S/C13H11BrN2O3/c1-7-5-11(15-6-8(7)14)16-13(19)12-9(17)3-2-4-10(12)18/h2-6,17-18H,1H3,(H,15,16,19). The van der Waals surface area contributed by atoms with Gasteiger partial charge in [0.1, 0.15) is 22.9 Å². The summed E-state index contributed by atoms with van der Waals surface area (Å²) in [6, 6.07) is 5.78. The Bertz CT molecular complexity index is 624. The monoisotopic (exact) mass is 322 g/mol. The van der Waals surface area contributed by atoms with Crippen molar-refractivity contribution < 1.29 is 15.0 Å². The highest BCUT2D eigenvalue weighted by atomic mass is 79.9. The summed E-state index contributed by atoms with van der Waals surface area (Å²) in [5.41, 5.74) is 0.733. The first-order valence-electron chi connectivity index (χ1n) is 5.43. The van der Waals surface area contributed by atoms with Crippen molar-refractivity contribution in [2.24, 2.45) is 0 Å². The Kier molecular flexibility index (Phi) is 3.71. The van der Waals surface area contributed by atoms with Gasteiger partial charge in [0.05, 0.1) is 0 Å². The van der Waals surface area contributed by atoms with Crippen molar-refractivity contribution in [1.29, 1.82) is 0 Å². The number of carbonyl (C=O) groups excluding carboxylic acids is 1. The molecule has 0 fully saturated rings. The minimum atomic E-state index is -0.621. The molecule has 0 bridgehead atoms. The number of benzene rings is 1. The van der Waals surface area contributed by atoms with Crippen LogP contribution in [-0.2, 0) is 0 Å². The van der Waals surface area contributed by atoms with Gasteiger partial charge in [-0.1, -0.05) is 6.07 Å². The number of nitrogens with zero attached hydrogens (tertiary/aromatic N) is 1. The summed E-state index contributed by atoms with van der Waals surface area (Å²) in [7, 11) is 0. The second kappa shape index (κ2) is 5.27. The first-order chi connectivity index (χ1) is 8.99. The third kappa shape index (κ3) is 2.85. The molecule has 1 heterocycles. The molecule has 0 radical (unpaired) electrons. The zero-order valence-electron chi connectivity index (χ0n) is 10.0. The molecule has 98 valence electrons. The number of carbonyl (C=O) groups is 1. The Labute approximate surface area is 118 Å². The average molecular weight is 323 g/mol. The number of rotatable bonds is 2. The fourth-order valence-electron chi connectivity index (χ4n) is 1.55. The van der Waals surface area contributed by atoms with Crippen LogP contribution in [0.5, 0.6) is 11.5 Å². The van der Waals surface area contributed by atoms with E-state index in [9.17, 15) is 15.0 Å². The number of anilines is 1. The van der Waals surface area contributed by atoms with Gasteiger partial charge in [0.2, 0.25) is 0 Å². The number of pyridine rings is 1. The Morgan fingerprint density at radius 1 is 1.32 bits per heavy atom. The Morgan fingerprint density at radius 3 is 2.53 bits per heavy atom. The van der Waals surface area contributed by atoms with Crippen LogP contribution in [0.25, 0.3) is 0 Å². The molecule has 3 N–H and O–H groups in total. The van der Waals surface area contributed by atoms with Crippen molar-refractivity contribution in [1.82, 2.24) is 4.98 Å². The number of nitrogens with one attached hydrogen (secondary N) is 1. The van der Waals surface area contributed by atoms with Gasteiger partial charge in [-0.05, 0) is 46.6 Å². The van der Waals surface area contributed by atoms with Crippen molar-refractivity contribution in [2.45, 2.75) is 6.92 Å². The number of amides is 1. The van der Waals surface area contributed by atoms with Gasteiger partial charge in [0.15, 0.2) is 0 Å². The maximum atomic E-state index is 12.0. The zero-order valence-corrected chi connectivity index (χ0v) is 11.6. The van der Waals surface area contributed by atoms with Gasteiger partial charge >= 0.3 is 0 Å². The molecular weight excluding hydrogens is 312 g/mol. The predicted octanol–water partition coefficient (Wildman–Crippen LogP) is 2.82. The van der Waals surface area contributed by atoms with Crippen molar-refractivity contribution in [3.05, 3.63) is 46.1 Å². The van der Waals surface area contributed by atoms with Crippen molar-refractivity contribution in [2.75, 3.05) is 5.32 Å². The average Bonchev–Trinajstić information content (AvgIpc) is 2.33. The van der Waals surface area contributed by atoms with Crippen LogP contribution >= 0.6 is 15.9 Å². The number of aryl methyl sites for hydroxylation is 1. The Balaban J connectivity index is 2.28. The highest BCUT2D eigenvalue weighted by Gasteiger charge is 2.16. The van der Waals surface area contributed by atoms with E-state index in [1.54, 1.807) is 12.3 Å². The number of halogens is 1. The maximum absolute atomic E-state index is 12.0. The lowest BCUT2D eigenvalue weighted by atomic mass is 10.1. The first kappa shape index (κ1) is 13.4. The molecule has 1 amide bonds. The van der Waals surface area contributed by atoms with Gasteiger partial charge in [-0.25, -0.2) is 4.98 Å². The highest BCUT2D eigenvalue weighted by Crippen LogP contribution is 2.27. The third-order valence-corrected chi connectivity index (χ3v) is 3.37. The van der Waals surface area contributed by atoms with Crippen LogP contribution in [0.1, 0.15) is 15.9 Å². The summed E-state index contributed by atoms with van der Waals surface area (Å²) < 4.78 is 0.830. The summed E-state index contributed by atoms with van der Waals surface area (Å²) in [6.45, 7) is 1.86. The fraction of sp³-hybridized carbons (Fsp3) is 0.0769. The smallest absolute Gasteiger partial charge is 0.264 e. The lowest BCUT2D eigenvalue weighted by Gasteiger charge is -2.08. The predicted molar refractivity (Wildman–Crippen MR) is 74.4 cm³/mol. The largest absolute Gasteiger partial charge is 0.507 e. The molecular formula is C13H11BrN2O3. The number of phenolic OH excluding ortho intramolecular Hbond substituents is 2. The van der Waals surface area contributed by atoms with E-state index in [2.05, 4.69) is 26.2 Å². The molecule has 0 saturated heterocycles. The number of hydrogen-bond donors (Lipinski definition) is 3. The number of phenols is 2. The minimum absolute atomic E-state index is 0.176. The SMILES string of the molecule is Cc1cc(NC(=O)c2c(O)cccc2O)ncc1Br. The molecule has 0 spiro atoms. The molecule has 6 heteroatoms. The molecule has 1 aromatic heterocycles. The van der Waals surface area contributed by atoms with E-state index in [1.165, 1.54) is 18.2 Å². The lowest BCUT2D eigenvalue weighted by molar-refractivity contribution is 0.102. The van der Waals surface area contributed by atoms with Crippen LogP contribution in [0.15, 0.2) is 34.9 Å². The van der Waals surface area contributed by atoms with Gasteiger partial charge in [0, 0.05) is 10.7 Å². The molecule has 1 aromatic carbocycles. The van der Waals surface area contributed by atoms with Crippen LogP contribution < -0.4 is 5.32 Å². The molecule has 0 atom stereocenters. The molecule has 0 aliphatic rings. The molecule has 0 unspecified atom stereocenters. The molecule has 19 heavy (non-hydrogen) atoms. The lowest BCUT2D eigenvalue weighted by Crippen LogP contribution is -2.13. The maximum Gasteiger partial charge on any atom is 0.264 e. The molecule has 0 aliphatic heterocycles. The van der Waals surface area contributed by atoms with E-state index in [0.717, 1.165) is 10.0 Å². The number of aromatic nitrogens is 1. The van der Waals surface area contributed by atoms with Crippen LogP contribution in [0.2, 0.25) is 0 Å². The summed E-state index contributed by atoms with van der Waals surface area (Å²) in [4.78, 5) is 16.0. The second-order valence-corrected chi connectivity index (χ2v) is 4.80. The van der Waals surface area contributed by atoms with Gasteiger partial charge in [-0.15, -0.1) is 0 Å². The van der Waals surface area contributed by atoms with Gasteiger partial charge in [-0.3, -0.25) is 4.79 Å². The van der Waals surface area contributed by atoms with Crippen molar-refractivity contribution >= 4 is 27.7 Å². The molecule has 0 saturated carbocycles. The Hall–Kier alpha value is -2.08. The quantitative estimate of drug-likeness (QED) is 0.794. The van der Waals surface area contributed by atoms with Gasteiger partial charge in [-0.2, -0.15) is 0 Å². The zero-order chi connectivity index (χ0) is 14.0. The minimum Gasteiger partial charge on any atom is -0.507 e. The first-order valence-corrected chi connectivity index (χ1v) is 6.23. The van der Waals surface area contributed by atoms with Crippen LogP contribution in [-0.4, -0.2) is 21.1 Å². The second-order valence-electron chi connectivity index (χ2n) is 3.94. The topological polar surface area (TPSA) is 82.5 Å². The van der Waals surface area contributed by atoms with Crippen molar-refractivity contribution in [3.8, 4) is 11.5 Å². The number of hydrogen-bond acceptors (Lipinski definition) is 4. The summed E-state index contributed by atoms with van der Waals surface area (Å²) in [6.07, 6.45) is 1.57. The molecule has 2 aromatic rings. The fourth-order valence-corrected chi connectivity index (χ4v) is 1.76. The van der Waals surface area contributed by atoms with E-state index in [0.29, 0.717) is 5.82 Å². The highest BCUT2D eigenvalue weighted by molar-refractivity contribution is 9.10. The van der Waals surface area contributed by atoms with Gasteiger partial charge < -0.3 is 15.5 Å². The van der Waals surface area contributed by atoms with E-state index in [1.807, 2.05) is 6.92 Å². The Morgan fingerprint density at radius 2 is 1.95 bits per heavy atom. The van der Waals surface area contributed by atoms with Crippen LogP contribution in [0, 0.1) is 6.92 Å². The summed E-state index contributed by atoms with van der Waals surface area (Å²) >= 11 is 3.31. The molecule has 2 rings (SSSR count). The van der Waals surface area contributed by atoms with Gasteiger partial charge in [0.25, 0.3) is 5.91 Å². The van der Waals surface area contributed by atoms with E-state index >= 15 is 0 Å². The van der Waals surface area contributed by atoms with E-state index in [-0.39, 0.29) is 17.1 Å². The van der Waals surface area contributed by atoms with Crippen molar-refractivity contribution in [3.63, 3.8) is 0 Å².